The fourth-order valence-corrected chi connectivity index (χ4v) is 5.69. The SMILES string of the molecule is O=C(c1cc(-c2cccnc2)n(-c2cc(F)c(F)c(F)c2)n1)N1CCC(N2C(=S)Cc3ccc(F)c(F)c32)CC1. The summed E-state index contributed by atoms with van der Waals surface area (Å²) in [6, 6.07) is 8.82. The number of piperidine rings is 1. The maximum atomic E-state index is 14.7. The zero-order valence-corrected chi connectivity index (χ0v) is 21.6. The number of aromatic nitrogens is 3. The molecule has 2 aromatic heterocycles. The first-order chi connectivity index (χ1) is 19.2. The van der Waals surface area contributed by atoms with Crippen LogP contribution in [0.25, 0.3) is 16.9 Å². The minimum absolute atomic E-state index is 0.0117. The molecule has 6 nitrogen and oxygen atoms in total. The topological polar surface area (TPSA) is 54.3 Å². The number of hydrogen-bond acceptors (Lipinski definition) is 4. The predicted molar refractivity (Wildman–Crippen MR) is 141 cm³/mol. The van der Waals surface area contributed by atoms with Crippen molar-refractivity contribution in [2.75, 3.05) is 18.0 Å². The van der Waals surface area contributed by atoms with E-state index in [1.54, 1.807) is 28.1 Å². The molecule has 204 valence electrons. The largest absolute Gasteiger partial charge is 0.337 e. The molecule has 0 aliphatic carbocycles. The van der Waals surface area contributed by atoms with Gasteiger partial charge in [0, 0.05) is 55.6 Å². The lowest BCUT2D eigenvalue weighted by molar-refractivity contribution is 0.0708. The summed E-state index contributed by atoms with van der Waals surface area (Å²) in [5.74, 6) is -6.70. The monoisotopic (exact) mass is 569 g/mol. The molecule has 2 aliphatic rings. The van der Waals surface area contributed by atoms with E-state index in [9.17, 15) is 26.7 Å². The smallest absolute Gasteiger partial charge is 0.274 e. The van der Waals surface area contributed by atoms with Crippen LogP contribution in [0.1, 0.15) is 28.9 Å². The highest BCUT2D eigenvalue weighted by atomic mass is 32.1. The Kier molecular flexibility index (Phi) is 6.57. The zero-order valence-electron chi connectivity index (χ0n) is 20.8. The van der Waals surface area contributed by atoms with Gasteiger partial charge >= 0.3 is 0 Å². The molecule has 2 aromatic carbocycles. The van der Waals surface area contributed by atoms with Gasteiger partial charge in [-0.1, -0.05) is 18.3 Å². The molecule has 0 spiro atoms. The molecule has 0 unspecified atom stereocenters. The standard InChI is InChI=1S/C28H20F5N5OS/c29-19-4-3-15-10-24(40)37(27(15)26(19)33)17-5-8-36(9-6-17)28(39)22-13-23(16-2-1-7-34-14-16)38(35-22)18-11-20(30)25(32)21(31)12-18/h1-4,7,11-14,17H,5-6,8-10H2. The first-order valence-corrected chi connectivity index (χ1v) is 12.9. The van der Waals surface area contributed by atoms with Gasteiger partial charge < -0.3 is 9.80 Å². The minimum atomic E-state index is -1.61. The summed E-state index contributed by atoms with van der Waals surface area (Å²) in [4.78, 5) is 21.3. The van der Waals surface area contributed by atoms with Crippen LogP contribution in [0, 0.1) is 29.1 Å². The Labute approximate surface area is 230 Å². The lowest BCUT2D eigenvalue weighted by atomic mass is 10.0. The molecule has 0 saturated carbocycles. The van der Waals surface area contributed by atoms with Crippen LogP contribution in [0.3, 0.4) is 0 Å². The Morgan fingerprint density at radius 2 is 1.65 bits per heavy atom. The highest BCUT2D eigenvalue weighted by molar-refractivity contribution is 7.80. The molecule has 12 heteroatoms. The van der Waals surface area contributed by atoms with Crippen molar-refractivity contribution in [2.24, 2.45) is 0 Å². The maximum Gasteiger partial charge on any atom is 0.274 e. The van der Waals surface area contributed by atoms with Crippen molar-refractivity contribution in [1.29, 1.82) is 0 Å². The van der Waals surface area contributed by atoms with E-state index in [-0.39, 0.29) is 23.1 Å². The van der Waals surface area contributed by atoms with Gasteiger partial charge in [-0.05, 0) is 42.7 Å². The number of halogens is 5. The number of fused-ring (bicyclic) bond motifs is 1. The summed E-state index contributed by atoms with van der Waals surface area (Å²) in [5.41, 5.74) is 1.54. The van der Waals surface area contributed by atoms with E-state index in [4.69, 9.17) is 12.2 Å². The van der Waals surface area contributed by atoms with Crippen molar-refractivity contribution in [3.63, 3.8) is 0 Å². The second-order valence-electron chi connectivity index (χ2n) is 9.62. The Hall–Kier alpha value is -4.19. The molecule has 1 saturated heterocycles. The third-order valence-corrected chi connectivity index (χ3v) is 7.56. The molecule has 1 fully saturated rings. The van der Waals surface area contributed by atoms with Crippen molar-refractivity contribution in [2.45, 2.75) is 25.3 Å². The fourth-order valence-electron chi connectivity index (χ4n) is 5.30. The normalized spacial score (nSPS) is 15.6. The first kappa shape index (κ1) is 26.1. The average Bonchev–Trinajstić information content (AvgIpc) is 3.55. The van der Waals surface area contributed by atoms with Crippen LogP contribution in [0.2, 0.25) is 0 Å². The van der Waals surface area contributed by atoms with Gasteiger partial charge in [-0.15, -0.1) is 0 Å². The number of nitrogens with zero attached hydrogens (tertiary/aromatic N) is 5. The predicted octanol–water partition coefficient (Wildman–Crippen LogP) is 5.62. The van der Waals surface area contributed by atoms with E-state index in [2.05, 4.69) is 10.1 Å². The summed E-state index contributed by atoms with van der Waals surface area (Å²) < 4.78 is 71.5. The number of rotatable bonds is 4. The van der Waals surface area contributed by atoms with Crippen LogP contribution < -0.4 is 4.90 Å². The van der Waals surface area contributed by atoms with Crippen molar-refractivity contribution in [3.8, 4) is 16.9 Å². The van der Waals surface area contributed by atoms with Crippen LogP contribution in [0.4, 0.5) is 27.6 Å². The molecule has 0 atom stereocenters. The van der Waals surface area contributed by atoms with E-state index in [1.165, 1.54) is 23.0 Å². The molecule has 2 aliphatic heterocycles. The van der Waals surface area contributed by atoms with Crippen LogP contribution in [-0.4, -0.2) is 49.7 Å². The lowest BCUT2D eigenvalue weighted by Gasteiger charge is -2.37. The van der Waals surface area contributed by atoms with Gasteiger partial charge in [-0.25, -0.2) is 26.6 Å². The van der Waals surface area contributed by atoms with Crippen LogP contribution in [0.5, 0.6) is 0 Å². The van der Waals surface area contributed by atoms with Gasteiger partial charge in [-0.3, -0.25) is 9.78 Å². The molecule has 1 amide bonds. The molecule has 4 aromatic rings. The summed E-state index contributed by atoms with van der Waals surface area (Å²) in [6.07, 6.45) is 4.29. The van der Waals surface area contributed by atoms with Gasteiger partial charge in [-0.2, -0.15) is 5.10 Å². The second-order valence-corrected chi connectivity index (χ2v) is 10.1. The molecule has 40 heavy (non-hydrogen) atoms. The minimum Gasteiger partial charge on any atom is -0.337 e. The lowest BCUT2D eigenvalue weighted by Crippen LogP contribution is -2.48. The number of carbonyl (C=O) groups excluding carboxylic acids is 1. The Morgan fingerprint density at radius 1 is 0.925 bits per heavy atom. The van der Waals surface area contributed by atoms with Crippen LogP contribution >= 0.6 is 12.2 Å². The number of thiocarbonyl (C=S) groups is 1. The van der Waals surface area contributed by atoms with Crippen molar-refractivity contribution >= 4 is 28.8 Å². The zero-order chi connectivity index (χ0) is 28.1. The van der Waals surface area contributed by atoms with Crippen LogP contribution in [-0.2, 0) is 6.42 Å². The Balaban J connectivity index is 1.27. The Morgan fingerprint density at radius 3 is 2.33 bits per heavy atom. The Bertz CT molecular complexity index is 1630. The van der Waals surface area contributed by atoms with Gasteiger partial charge in [0.25, 0.3) is 5.91 Å². The van der Waals surface area contributed by atoms with Crippen molar-refractivity contribution < 1.29 is 26.7 Å². The van der Waals surface area contributed by atoms with E-state index < -0.39 is 35.0 Å². The number of anilines is 1. The third kappa shape index (κ3) is 4.41. The van der Waals surface area contributed by atoms with Gasteiger partial charge in [0.15, 0.2) is 34.8 Å². The number of carbonyl (C=O) groups is 1. The summed E-state index contributed by atoms with van der Waals surface area (Å²) in [7, 11) is 0. The van der Waals surface area contributed by atoms with Gasteiger partial charge in [0.05, 0.1) is 22.1 Å². The fraction of sp³-hybridized carbons (Fsp3) is 0.214. The first-order valence-electron chi connectivity index (χ1n) is 12.5. The average molecular weight is 570 g/mol. The third-order valence-electron chi connectivity index (χ3n) is 7.22. The van der Waals surface area contributed by atoms with E-state index in [1.807, 2.05) is 0 Å². The van der Waals surface area contributed by atoms with Crippen LogP contribution in [0.15, 0.2) is 54.9 Å². The summed E-state index contributed by atoms with van der Waals surface area (Å²) >= 11 is 5.48. The molecule has 0 radical (unpaired) electrons. The number of amides is 1. The van der Waals surface area contributed by atoms with Gasteiger partial charge in [0.2, 0.25) is 0 Å². The number of benzene rings is 2. The molecule has 4 heterocycles. The van der Waals surface area contributed by atoms with Crippen molar-refractivity contribution in [3.05, 3.63) is 95.2 Å². The van der Waals surface area contributed by atoms with E-state index in [0.717, 1.165) is 18.2 Å². The van der Waals surface area contributed by atoms with E-state index in [0.29, 0.717) is 54.2 Å². The summed E-state index contributed by atoms with van der Waals surface area (Å²) in [5, 5.41) is 4.32. The van der Waals surface area contributed by atoms with Crippen molar-refractivity contribution in [1.82, 2.24) is 19.7 Å². The highest BCUT2D eigenvalue weighted by Crippen LogP contribution is 2.37. The molecule has 0 bridgehead atoms. The van der Waals surface area contributed by atoms with Gasteiger partial charge in [0.1, 0.15) is 0 Å². The number of hydrogen-bond donors (Lipinski definition) is 0. The molecular weight excluding hydrogens is 549 g/mol. The quantitative estimate of drug-likeness (QED) is 0.181. The number of likely N-dealkylation sites (tertiary alicyclic amines) is 1. The number of pyridine rings is 1. The molecular formula is C28H20F5N5OS. The maximum absolute atomic E-state index is 14.7. The second kappa shape index (κ2) is 10.1. The van der Waals surface area contributed by atoms with E-state index >= 15 is 0 Å². The molecule has 0 N–H and O–H groups in total. The highest BCUT2D eigenvalue weighted by Gasteiger charge is 2.37. The summed E-state index contributed by atoms with van der Waals surface area (Å²) in [6.45, 7) is 0.591. The molecule has 6 rings (SSSR count).